The third-order valence-corrected chi connectivity index (χ3v) is 4.13. The number of pyridine rings is 1. The van der Waals surface area contributed by atoms with Gasteiger partial charge in [-0.05, 0) is 55.7 Å². The van der Waals surface area contributed by atoms with Crippen molar-refractivity contribution in [3.05, 3.63) is 65.5 Å². The van der Waals surface area contributed by atoms with Crippen LogP contribution in [0.25, 0.3) is 0 Å². The van der Waals surface area contributed by atoms with Crippen LogP contribution in [-0.2, 0) is 17.8 Å². The number of aromatic nitrogens is 1. The summed E-state index contributed by atoms with van der Waals surface area (Å²) in [6.45, 7) is 5.80. The van der Waals surface area contributed by atoms with Crippen molar-refractivity contribution in [1.82, 2.24) is 15.2 Å². The largest absolute Gasteiger partial charge is 0.352 e. The Morgan fingerprint density at radius 2 is 1.60 bits per heavy atom. The van der Waals surface area contributed by atoms with Crippen LogP contribution in [0.4, 0.5) is 0 Å². The first kappa shape index (κ1) is 18.6. The summed E-state index contributed by atoms with van der Waals surface area (Å²) in [5, 5.41) is 2.91. The van der Waals surface area contributed by atoms with Gasteiger partial charge in [0.2, 0.25) is 5.91 Å². The maximum absolute atomic E-state index is 12.3. The average molecular weight is 339 g/mol. The Labute approximate surface area is 149 Å². The van der Waals surface area contributed by atoms with E-state index in [2.05, 4.69) is 10.3 Å². The smallest absolute Gasteiger partial charge is 0.253 e. The fourth-order valence-corrected chi connectivity index (χ4v) is 2.55. The molecule has 0 atom stereocenters. The molecule has 0 aliphatic rings. The molecule has 0 fully saturated rings. The Hall–Kier alpha value is -2.69. The molecule has 5 heteroatoms. The summed E-state index contributed by atoms with van der Waals surface area (Å²) >= 11 is 0. The van der Waals surface area contributed by atoms with Crippen LogP contribution < -0.4 is 5.32 Å². The number of carbonyl (C=O) groups is 2. The zero-order valence-corrected chi connectivity index (χ0v) is 14.9. The number of aryl methyl sites for hydroxylation is 1. The van der Waals surface area contributed by atoms with E-state index in [0.29, 0.717) is 38.0 Å². The molecule has 132 valence electrons. The molecule has 0 unspecified atom stereocenters. The Bertz CT molecular complexity index is 680. The van der Waals surface area contributed by atoms with Crippen LogP contribution in [0.5, 0.6) is 0 Å². The Balaban J connectivity index is 1.81. The number of nitrogens with zero attached hydrogens (tertiary/aromatic N) is 2. The predicted octanol–water partition coefficient (Wildman–Crippen LogP) is 2.81. The van der Waals surface area contributed by atoms with Crippen LogP contribution in [0, 0.1) is 0 Å². The molecule has 1 aromatic carbocycles. The van der Waals surface area contributed by atoms with Crippen molar-refractivity contribution in [2.75, 3.05) is 13.1 Å². The van der Waals surface area contributed by atoms with Crippen molar-refractivity contribution in [2.24, 2.45) is 0 Å². The molecule has 0 radical (unpaired) electrons. The van der Waals surface area contributed by atoms with E-state index < -0.39 is 0 Å². The van der Waals surface area contributed by atoms with Gasteiger partial charge < -0.3 is 10.2 Å². The zero-order valence-electron chi connectivity index (χ0n) is 14.9. The minimum atomic E-state index is 0.0140. The number of amides is 2. The van der Waals surface area contributed by atoms with E-state index in [1.165, 1.54) is 0 Å². The highest BCUT2D eigenvalue weighted by atomic mass is 16.2. The number of benzene rings is 1. The summed E-state index contributed by atoms with van der Waals surface area (Å²) in [5.74, 6) is 0.0537. The third kappa shape index (κ3) is 5.71. The monoisotopic (exact) mass is 339 g/mol. The Morgan fingerprint density at radius 1 is 0.960 bits per heavy atom. The maximum Gasteiger partial charge on any atom is 0.253 e. The van der Waals surface area contributed by atoms with Crippen molar-refractivity contribution in [3.63, 3.8) is 0 Å². The van der Waals surface area contributed by atoms with Crippen LogP contribution in [0.3, 0.4) is 0 Å². The quantitative estimate of drug-likeness (QED) is 0.804. The zero-order chi connectivity index (χ0) is 18.1. The summed E-state index contributed by atoms with van der Waals surface area (Å²) < 4.78 is 0. The lowest BCUT2D eigenvalue weighted by Gasteiger charge is -2.18. The molecule has 1 aromatic heterocycles. The fraction of sp³-hybridized carbons (Fsp3) is 0.350. The third-order valence-electron chi connectivity index (χ3n) is 4.13. The number of nitrogens with one attached hydrogen (secondary N) is 1. The van der Waals surface area contributed by atoms with Crippen LogP contribution >= 0.6 is 0 Å². The van der Waals surface area contributed by atoms with E-state index in [9.17, 15) is 9.59 Å². The van der Waals surface area contributed by atoms with Gasteiger partial charge in [-0.2, -0.15) is 0 Å². The second-order valence-corrected chi connectivity index (χ2v) is 5.81. The minimum absolute atomic E-state index is 0.0140. The van der Waals surface area contributed by atoms with Crippen molar-refractivity contribution < 1.29 is 9.59 Å². The Kier molecular flexibility index (Phi) is 7.14. The van der Waals surface area contributed by atoms with Crippen molar-refractivity contribution in [3.8, 4) is 0 Å². The van der Waals surface area contributed by atoms with E-state index in [1.54, 1.807) is 17.3 Å². The van der Waals surface area contributed by atoms with Crippen LogP contribution in [0.2, 0.25) is 0 Å². The molecule has 0 aliphatic carbocycles. The SMILES string of the molecule is CCN(CC)C(=O)c1ccc(CNC(=O)CCc2ccncc2)cc1. The summed E-state index contributed by atoms with van der Waals surface area (Å²) in [6, 6.07) is 11.2. The molecular weight excluding hydrogens is 314 g/mol. The van der Waals surface area contributed by atoms with Crippen LogP contribution in [-0.4, -0.2) is 34.8 Å². The molecule has 2 amide bonds. The van der Waals surface area contributed by atoms with Gasteiger partial charge in [-0.25, -0.2) is 0 Å². The highest BCUT2D eigenvalue weighted by Crippen LogP contribution is 2.08. The molecular formula is C20H25N3O2. The van der Waals surface area contributed by atoms with E-state index in [4.69, 9.17) is 0 Å². The van der Waals surface area contributed by atoms with E-state index >= 15 is 0 Å². The number of rotatable bonds is 8. The number of hydrogen-bond donors (Lipinski definition) is 1. The van der Waals surface area contributed by atoms with Crippen molar-refractivity contribution >= 4 is 11.8 Å². The molecule has 5 nitrogen and oxygen atoms in total. The number of carbonyl (C=O) groups excluding carboxylic acids is 2. The minimum Gasteiger partial charge on any atom is -0.352 e. The summed E-state index contributed by atoms with van der Waals surface area (Å²) in [7, 11) is 0. The van der Waals surface area contributed by atoms with Gasteiger partial charge in [-0.15, -0.1) is 0 Å². The molecule has 1 N–H and O–H groups in total. The van der Waals surface area contributed by atoms with Gasteiger partial charge in [-0.1, -0.05) is 12.1 Å². The lowest BCUT2D eigenvalue weighted by molar-refractivity contribution is -0.121. The molecule has 0 saturated heterocycles. The lowest BCUT2D eigenvalue weighted by atomic mass is 10.1. The highest BCUT2D eigenvalue weighted by molar-refractivity contribution is 5.94. The second-order valence-electron chi connectivity index (χ2n) is 5.81. The fourth-order valence-electron chi connectivity index (χ4n) is 2.55. The van der Waals surface area contributed by atoms with E-state index in [1.807, 2.05) is 50.2 Å². The van der Waals surface area contributed by atoms with E-state index in [0.717, 1.165) is 11.1 Å². The maximum atomic E-state index is 12.3. The normalized spacial score (nSPS) is 10.3. The number of hydrogen-bond acceptors (Lipinski definition) is 3. The summed E-state index contributed by atoms with van der Waals surface area (Å²) in [5.41, 5.74) is 2.76. The second kappa shape index (κ2) is 9.57. The van der Waals surface area contributed by atoms with Crippen LogP contribution in [0.15, 0.2) is 48.8 Å². The standard InChI is InChI=1S/C20H25N3O2/c1-3-23(4-2)20(25)18-8-5-17(6-9-18)15-22-19(24)10-7-16-11-13-21-14-12-16/h5-6,8-9,11-14H,3-4,7,10,15H2,1-2H3,(H,22,24). The van der Waals surface area contributed by atoms with Gasteiger partial charge in [0.25, 0.3) is 5.91 Å². The first-order chi connectivity index (χ1) is 12.1. The van der Waals surface area contributed by atoms with E-state index in [-0.39, 0.29) is 11.8 Å². The predicted molar refractivity (Wildman–Crippen MR) is 98.1 cm³/mol. The summed E-state index contributed by atoms with van der Waals surface area (Å²) in [4.78, 5) is 29.9. The van der Waals surface area contributed by atoms with Crippen LogP contribution in [0.1, 0.15) is 41.8 Å². The average Bonchev–Trinajstić information content (AvgIpc) is 2.67. The highest BCUT2D eigenvalue weighted by Gasteiger charge is 2.12. The van der Waals surface area contributed by atoms with Gasteiger partial charge in [0.05, 0.1) is 0 Å². The molecule has 0 aliphatic heterocycles. The first-order valence-electron chi connectivity index (χ1n) is 8.67. The first-order valence-corrected chi connectivity index (χ1v) is 8.67. The molecule has 0 bridgehead atoms. The topological polar surface area (TPSA) is 62.3 Å². The Morgan fingerprint density at radius 3 is 2.20 bits per heavy atom. The van der Waals surface area contributed by atoms with Crippen molar-refractivity contribution in [1.29, 1.82) is 0 Å². The van der Waals surface area contributed by atoms with Gasteiger partial charge in [0, 0.05) is 44.0 Å². The lowest BCUT2D eigenvalue weighted by Crippen LogP contribution is -2.30. The van der Waals surface area contributed by atoms with Gasteiger partial charge in [0.1, 0.15) is 0 Å². The molecule has 0 saturated carbocycles. The summed E-state index contributed by atoms with van der Waals surface area (Å²) in [6.07, 6.45) is 4.61. The molecule has 1 heterocycles. The van der Waals surface area contributed by atoms with Gasteiger partial charge in [0.15, 0.2) is 0 Å². The molecule has 0 spiro atoms. The molecule has 25 heavy (non-hydrogen) atoms. The molecule has 2 rings (SSSR count). The van der Waals surface area contributed by atoms with Gasteiger partial charge in [-0.3, -0.25) is 14.6 Å². The van der Waals surface area contributed by atoms with Crippen molar-refractivity contribution in [2.45, 2.75) is 33.2 Å². The van der Waals surface area contributed by atoms with Gasteiger partial charge >= 0.3 is 0 Å². The molecule has 2 aromatic rings.